The van der Waals surface area contributed by atoms with Gasteiger partial charge in [0.25, 0.3) is 0 Å². The van der Waals surface area contributed by atoms with E-state index in [4.69, 9.17) is 0 Å². The van der Waals surface area contributed by atoms with Gasteiger partial charge in [0, 0.05) is 24.8 Å². The highest BCUT2D eigenvalue weighted by Crippen LogP contribution is 2.34. The van der Waals surface area contributed by atoms with E-state index in [-0.39, 0.29) is 29.3 Å². The highest BCUT2D eigenvalue weighted by Gasteiger charge is 2.38. The van der Waals surface area contributed by atoms with E-state index in [0.29, 0.717) is 19.4 Å². The fourth-order valence-corrected chi connectivity index (χ4v) is 5.86. The van der Waals surface area contributed by atoms with Crippen LogP contribution in [0.3, 0.4) is 0 Å². The number of halogens is 1. The van der Waals surface area contributed by atoms with Crippen molar-refractivity contribution in [2.45, 2.75) is 43.5 Å². The third kappa shape index (κ3) is 3.81. The number of hydrogen-bond donors (Lipinski definition) is 0. The molecule has 5 nitrogen and oxygen atoms in total. The molecule has 4 rings (SSSR count). The van der Waals surface area contributed by atoms with Crippen LogP contribution in [0.2, 0.25) is 0 Å². The average Bonchev–Trinajstić information content (AvgIpc) is 2.73. The maximum atomic E-state index is 13.4. The number of para-hydroxylation sites is 1. The van der Waals surface area contributed by atoms with Crippen LogP contribution >= 0.6 is 0 Å². The number of piperidine rings is 1. The number of nitrogens with zero attached hydrogens (tertiary/aromatic N) is 2. The summed E-state index contributed by atoms with van der Waals surface area (Å²) in [5, 5.41) is 0. The van der Waals surface area contributed by atoms with Crippen LogP contribution < -0.4 is 4.90 Å². The maximum absolute atomic E-state index is 13.4. The summed E-state index contributed by atoms with van der Waals surface area (Å²) in [5.74, 6) is -0.871. The van der Waals surface area contributed by atoms with Gasteiger partial charge in [-0.1, -0.05) is 18.2 Å². The average molecular weight is 417 g/mol. The summed E-state index contributed by atoms with van der Waals surface area (Å²) in [7, 11) is -3.75. The molecule has 1 fully saturated rings. The zero-order valence-corrected chi connectivity index (χ0v) is 17.2. The molecule has 0 bridgehead atoms. The second kappa shape index (κ2) is 7.88. The van der Waals surface area contributed by atoms with Gasteiger partial charge in [-0.25, -0.2) is 12.8 Å². The topological polar surface area (TPSA) is 57.7 Å². The normalized spacial score (nSPS) is 22.9. The van der Waals surface area contributed by atoms with E-state index < -0.39 is 15.8 Å². The van der Waals surface area contributed by atoms with Crippen LogP contribution in [0.1, 0.15) is 31.7 Å². The third-order valence-electron chi connectivity index (χ3n) is 5.95. The van der Waals surface area contributed by atoms with Gasteiger partial charge in [0.2, 0.25) is 15.9 Å². The van der Waals surface area contributed by atoms with Crippen molar-refractivity contribution in [1.29, 1.82) is 0 Å². The summed E-state index contributed by atoms with van der Waals surface area (Å²) in [6.45, 7) is 2.57. The summed E-state index contributed by atoms with van der Waals surface area (Å²) >= 11 is 0. The minimum atomic E-state index is -3.75. The second-order valence-corrected chi connectivity index (χ2v) is 9.82. The van der Waals surface area contributed by atoms with Gasteiger partial charge >= 0.3 is 0 Å². The molecule has 2 heterocycles. The molecule has 29 heavy (non-hydrogen) atoms. The van der Waals surface area contributed by atoms with E-state index in [1.54, 1.807) is 0 Å². The first-order chi connectivity index (χ1) is 13.9. The lowest BCUT2D eigenvalue weighted by atomic mass is 9.92. The van der Waals surface area contributed by atoms with E-state index in [2.05, 4.69) is 0 Å². The zero-order chi connectivity index (χ0) is 20.6. The SMILES string of the molecule is CC1CCc2ccccc2N1C(=O)C1CCCN(S(=O)(=O)c2ccc(F)cc2)C1. The van der Waals surface area contributed by atoms with Gasteiger partial charge in [-0.05, 0) is 68.5 Å². The summed E-state index contributed by atoms with van der Waals surface area (Å²) < 4.78 is 40.5. The highest BCUT2D eigenvalue weighted by molar-refractivity contribution is 7.89. The minimum Gasteiger partial charge on any atom is -0.309 e. The van der Waals surface area contributed by atoms with Gasteiger partial charge in [-0.3, -0.25) is 4.79 Å². The lowest BCUT2D eigenvalue weighted by Crippen LogP contribution is -2.50. The standard InChI is InChI=1S/C22H25FN2O3S/c1-16-8-9-17-5-2-3-7-21(17)25(16)22(26)18-6-4-14-24(15-18)29(27,28)20-12-10-19(23)11-13-20/h2-3,5,7,10-13,16,18H,4,6,8-9,14-15H2,1H3. The Labute approximate surface area is 171 Å². The van der Waals surface area contributed by atoms with Crippen molar-refractivity contribution in [2.75, 3.05) is 18.0 Å². The quantitative estimate of drug-likeness (QED) is 0.768. The largest absolute Gasteiger partial charge is 0.309 e. The van der Waals surface area contributed by atoms with Crippen molar-refractivity contribution < 1.29 is 17.6 Å². The number of fused-ring (bicyclic) bond motifs is 1. The van der Waals surface area contributed by atoms with Crippen molar-refractivity contribution in [2.24, 2.45) is 5.92 Å². The van der Waals surface area contributed by atoms with Gasteiger partial charge in [0.05, 0.1) is 10.8 Å². The molecule has 2 aliphatic heterocycles. The predicted octanol–water partition coefficient (Wildman–Crippen LogP) is 3.59. The van der Waals surface area contributed by atoms with Gasteiger partial charge in [-0.15, -0.1) is 0 Å². The van der Waals surface area contributed by atoms with Crippen LogP contribution in [-0.4, -0.2) is 37.8 Å². The number of carbonyl (C=O) groups is 1. The van der Waals surface area contributed by atoms with Crippen LogP contribution in [0.5, 0.6) is 0 Å². The predicted molar refractivity (Wildman–Crippen MR) is 110 cm³/mol. The molecule has 0 radical (unpaired) electrons. The molecule has 2 aromatic rings. The molecule has 7 heteroatoms. The first kappa shape index (κ1) is 20.0. The Morgan fingerprint density at radius 2 is 1.79 bits per heavy atom. The van der Waals surface area contributed by atoms with E-state index >= 15 is 0 Å². The van der Waals surface area contributed by atoms with E-state index in [9.17, 15) is 17.6 Å². The molecule has 2 aromatic carbocycles. The molecule has 1 amide bonds. The molecule has 0 saturated carbocycles. The summed E-state index contributed by atoms with van der Waals surface area (Å²) in [6.07, 6.45) is 3.13. The minimum absolute atomic E-state index is 0.0105. The molecule has 154 valence electrons. The number of hydrogen-bond acceptors (Lipinski definition) is 3. The third-order valence-corrected chi connectivity index (χ3v) is 7.82. The molecular weight excluding hydrogens is 391 g/mol. The monoisotopic (exact) mass is 416 g/mol. The maximum Gasteiger partial charge on any atom is 0.243 e. The van der Waals surface area contributed by atoms with E-state index in [1.165, 1.54) is 16.4 Å². The van der Waals surface area contributed by atoms with Crippen LogP contribution in [0, 0.1) is 11.7 Å². The van der Waals surface area contributed by atoms with Gasteiger partial charge in [-0.2, -0.15) is 4.31 Å². The Morgan fingerprint density at radius 1 is 1.07 bits per heavy atom. The highest BCUT2D eigenvalue weighted by atomic mass is 32.2. The van der Waals surface area contributed by atoms with E-state index in [1.807, 2.05) is 36.1 Å². The van der Waals surface area contributed by atoms with Crippen LogP contribution in [0.15, 0.2) is 53.4 Å². The smallest absolute Gasteiger partial charge is 0.243 e. The van der Waals surface area contributed by atoms with Crippen LogP contribution in [0.25, 0.3) is 0 Å². The number of anilines is 1. The molecule has 1 saturated heterocycles. The Kier molecular flexibility index (Phi) is 5.44. The van der Waals surface area contributed by atoms with Gasteiger partial charge < -0.3 is 4.90 Å². The first-order valence-electron chi connectivity index (χ1n) is 10.0. The van der Waals surface area contributed by atoms with Gasteiger partial charge in [0.1, 0.15) is 5.82 Å². The number of amides is 1. The molecule has 0 aromatic heterocycles. The second-order valence-electron chi connectivity index (χ2n) is 7.88. The lowest BCUT2D eigenvalue weighted by molar-refractivity contribution is -0.124. The fraction of sp³-hybridized carbons (Fsp3) is 0.409. The molecule has 0 N–H and O–H groups in total. The number of sulfonamides is 1. The van der Waals surface area contributed by atoms with Crippen molar-refractivity contribution in [3.63, 3.8) is 0 Å². The Hall–Kier alpha value is -2.25. The zero-order valence-electron chi connectivity index (χ0n) is 16.4. The lowest BCUT2D eigenvalue weighted by Gasteiger charge is -2.39. The Balaban J connectivity index is 1.57. The van der Waals surface area contributed by atoms with Crippen LogP contribution in [0.4, 0.5) is 10.1 Å². The van der Waals surface area contributed by atoms with Crippen LogP contribution in [-0.2, 0) is 21.2 Å². The van der Waals surface area contributed by atoms with Crippen molar-refractivity contribution >= 4 is 21.6 Å². The molecular formula is C22H25FN2O3S. The fourth-order valence-electron chi connectivity index (χ4n) is 4.34. The summed E-state index contributed by atoms with van der Waals surface area (Å²) in [6, 6.07) is 12.9. The number of benzene rings is 2. The molecule has 2 unspecified atom stereocenters. The van der Waals surface area contributed by atoms with E-state index in [0.717, 1.165) is 36.2 Å². The Bertz CT molecular complexity index is 1010. The molecule has 0 spiro atoms. The first-order valence-corrected chi connectivity index (χ1v) is 11.5. The number of aryl methyl sites for hydroxylation is 1. The van der Waals surface area contributed by atoms with Crippen molar-refractivity contribution in [1.82, 2.24) is 4.31 Å². The number of carbonyl (C=O) groups excluding carboxylic acids is 1. The molecule has 0 aliphatic carbocycles. The molecule has 2 atom stereocenters. The summed E-state index contributed by atoms with van der Waals surface area (Å²) in [4.78, 5) is 15.4. The number of rotatable bonds is 3. The van der Waals surface area contributed by atoms with Gasteiger partial charge in [0.15, 0.2) is 0 Å². The summed E-state index contributed by atoms with van der Waals surface area (Å²) in [5.41, 5.74) is 2.10. The molecule has 2 aliphatic rings. The van der Waals surface area contributed by atoms with Crippen molar-refractivity contribution in [3.8, 4) is 0 Å². The Morgan fingerprint density at radius 3 is 2.55 bits per heavy atom. The van der Waals surface area contributed by atoms with Crippen molar-refractivity contribution in [3.05, 3.63) is 59.9 Å².